The largest absolute Gasteiger partial charge is 0.369 e. The molecule has 1 saturated heterocycles. The van der Waals surface area contributed by atoms with Gasteiger partial charge in [0.15, 0.2) is 19.7 Å². The molecule has 0 radical (unpaired) electrons. The highest BCUT2D eigenvalue weighted by Gasteiger charge is 2.26. The van der Waals surface area contributed by atoms with Crippen LogP contribution in [-0.2, 0) is 19.7 Å². The first-order valence-electron chi connectivity index (χ1n) is 6.02. The van der Waals surface area contributed by atoms with Gasteiger partial charge in [0.2, 0.25) is 0 Å². The summed E-state index contributed by atoms with van der Waals surface area (Å²) in [5.74, 6) is 0. The topological polar surface area (TPSA) is 71.5 Å². The number of hydrogen-bond donors (Lipinski definition) is 0. The lowest BCUT2D eigenvalue weighted by molar-refractivity contribution is 0.600. The zero-order chi connectivity index (χ0) is 15.1. The zero-order valence-corrected chi connectivity index (χ0v) is 13.6. The number of rotatable bonds is 3. The second-order valence-electron chi connectivity index (χ2n) is 5.01. The maximum Gasteiger partial charge on any atom is 0.177 e. The van der Waals surface area contributed by atoms with Crippen LogP contribution in [0.5, 0.6) is 0 Å². The summed E-state index contributed by atoms with van der Waals surface area (Å²) in [6.45, 7) is 1.22. The molecule has 2 rings (SSSR count). The standard InChI is InChI=1S/C12H16ClNO4S2/c1-19(15,16)10-3-4-11(12(7-10)20(2,17)18)14-6-5-9(13)8-14/h3-4,7,9H,5-6,8H2,1-2H3. The molecule has 112 valence electrons. The van der Waals surface area contributed by atoms with Crippen molar-refractivity contribution in [1.29, 1.82) is 0 Å². The van der Waals surface area contributed by atoms with E-state index in [1.165, 1.54) is 12.1 Å². The number of hydrogen-bond acceptors (Lipinski definition) is 5. The van der Waals surface area contributed by atoms with E-state index in [1.807, 2.05) is 4.90 Å². The summed E-state index contributed by atoms with van der Waals surface area (Å²) in [5.41, 5.74) is 0.517. The van der Waals surface area contributed by atoms with Crippen molar-refractivity contribution >= 4 is 37.0 Å². The van der Waals surface area contributed by atoms with Gasteiger partial charge in [0.25, 0.3) is 0 Å². The SMILES string of the molecule is CS(=O)(=O)c1ccc(N2CCC(Cl)C2)c(S(C)(=O)=O)c1. The van der Waals surface area contributed by atoms with Crippen molar-refractivity contribution in [2.45, 2.75) is 21.6 Å². The summed E-state index contributed by atoms with van der Waals surface area (Å²) in [7, 11) is -6.97. The molecule has 1 unspecified atom stereocenters. The minimum atomic E-state index is -3.52. The first-order chi connectivity index (χ1) is 9.09. The molecule has 1 aliphatic rings. The fourth-order valence-electron chi connectivity index (χ4n) is 2.22. The van der Waals surface area contributed by atoms with Crippen LogP contribution >= 0.6 is 11.6 Å². The molecule has 1 aliphatic heterocycles. The highest BCUT2D eigenvalue weighted by Crippen LogP contribution is 2.31. The molecule has 0 N–H and O–H groups in total. The molecular formula is C12H16ClNO4S2. The highest BCUT2D eigenvalue weighted by atomic mass is 35.5. The molecule has 0 bridgehead atoms. The van der Waals surface area contributed by atoms with Crippen molar-refractivity contribution in [2.75, 3.05) is 30.5 Å². The molecule has 0 saturated carbocycles. The van der Waals surface area contributed by atoms with Crippen LogP contribution in [0.15, 0.2) is 28.0 Å². The smallest absolute Gasteiger partial charge is 0.177 e. The van der Waals surface area contributed by atoms with Crippen molar-refractivity contribution in [2.24, 2.45) is 0 Å². The predicted molar refractivity (Wildman–Crippen MR) is 79.1 cm³/mol. The summed E-state index contributed by atoms with van der Waals surface area (Å²) in [4.78, 5) is 1.91. The predicted octanol–water partition coefficient (Wildman–Crippen LogP) is 1.31. The average molecular weight is 338 g/mol. The Hall–Kier alpha value is -0.790. The maximum atomic E-state index is 11.9. The number of anilines is 1. The van der Waals surface area contributed by atoms with Crippen LogP contribution < -0.4 is 4.90 Å². The summed E-state index contributed by atoms with van der Waals surface area (Å²) < 4.78 is 47.0. The Balaban J connectivity index is 2.58. The van der Waals surface area contributed by atoms with E-state index < -0.39 is 19.7 Å². The number of alkyl halides is 1. The van der Waals surface area contributed by atoms with E-state index in [-0.39, 0.29) is 15.2 Å². The maximum absolute atomic E-state index is 11.9. The van der Waals surface area contributed by atoms with Gasteiger partial charge in [-0.1, -0.05) is 0 Å². The lowest BCUT2D eigenvalue weighted by Gasteiger charge is -2.21. The van der Waals surface area contributed by atoms with Crippen LogP contribution in [0, 0.1) is 0 Å². The number of nitrogens with zero attached hydrogens (tertiary/aromatic N) is 1. The molecule has 0 amide bonds. The fraction of sp³-hybridized carbons (Fsp3) is 0.500. The molecule has 1 atom stereocenters. The monoisotopic (exact) mass is 337 g/mol. The van der Waals surface area contributed by atoms with Crippen LogP contribution in [0.1, 0.15) is 6.42 Å². The second kappa shape index (κ2) is 5.20. The van der Waals surface area contributed by atoms with Gasteiger partial charge < -0.3 is 4.90 Å². The Kier molecular flexibility index (Phi) is 4.05. The van der Waals surface area contributed by atoms with Gasteiger partial charge in [-0.3, -0.25) is 0 Å². The Morgan fingerprint density at radius 3 is 2.25 bits per heavy atom. The third-order valence-electron chi connectivity index (χ3n) is 3.23. The third-order valence-corrected chi connectivity index (χ3v) is 5.82. The van der Waals surface area contributed by atoms with E-state index in [4.69, 9.17) is 11.6 Å². The number of benzene rings is 1. The fourth-order valence-corrected chi connectivity index (χ4v) is 4.12. The van der Waals surface area contributed by atoms with Gasteiger partial charge in [0.05, 0.1) is 20.9 Å². The van der Waals surface area contributed by atoms with Crippen LogP contribution in [0.4, 0.5) is 5.69 Å². The average Bonchev–Trinajstić information content (AvgIpc) is 2.72. The van der Waals surface area contributed by atoms with Gasteiger partial charge in [-0.15, -0.1) is 11.6 Å². The van der Waals surface area contributed by atoms with Crippen LogP contribution in [0.25, 0.3) is 0 Å². The molecule has 1 heterocycles. The molecular weight excluding hydrogens is 322 g/mol. The Morgan fingerprint density at radius 2 is 1.80 bits per heavy atom. The summed E-state index contributed by atoms with van der Waals surface area (Å²) in [6, 6.07) is 4.20. The van der Waals surface area contributed by atoms with Crippen molar-refractivity contribution < 1.29 is 16.8 Å². The Labute approximate surface area is 124 Å². The van der Waals surface area contributed by atoms with E-state index in [2.05, 4.69) is 0 Å². The van der Waals surface area contributed by atoms with Crippen LogP contribution in [-0.4, -0.2) is 47.8 Å². The molecule has 1 fully saturated rings. The number of halogens is 1. The molecule has 1 aromatic carbocycles. The minimum Gasteiger partial charge on any atom is -0.369 e. The van der Waals surface area contributed by atoms with E-state index >= 15 is 0 Å². The normalized spacial score (nSPS) is 20.4. The van der Waals surface area contributed by atoms with Crippen molar-refractivity contribution in [1.82, 2.24) is 0 Å². The minimum absolute atomic E-state index is 0.00305. The molecule has 20 heavy (non-hydrogen) atoms. The first kappa shape index (κ1) is 15.6. The van der Waals surface area contributed by atoms with Gasteiger partial charge in [0.1, 0.15) is 0 Å². The Bertz CT molecular complexity index is 728. The first-order valence-corrected chi connectivity index (χ1v) is 10.2. The van der Waals surface area contributed by atoms with E-state index in [0.29, 0.717) is 18.8 Å². The quantitative estimate of drug-likeness (QED) is 0.778. The third kappa shape index (κ3) is 3.27. The van der Waals surface area contributed by atoms with Gasteiger partial charge in [-0.25, -0.2) is 16.8 Å². The molecule has 8 heteroatoms. The van der Waals surface area contributed by atoms with Crippen LogP contribution in [0.2, 0.25) is 0 Å². The summed E-state index contributed by atoms with van der Waals surface area (Å²) >= 11 is 6.04. The second-order valence-corrected chi connectivity index (χ2v) is 9.62. The molecule has 0 aromatic heterocycles. The molecule has 1 aromatic rings. The van der Waals surface area contributed by atoms with E-state index in [9.17, 15) is 16.8 Å². The molecule has 0 spiro atoms. The van der Waals surface area contributed by atoms with Gasteiger partial charge in [-0.05, 0) is 24.6 Å². The molecule has 0 aliphatic carbocycles. The van der Waals surface area contributed by atoms with Crippen LogP contribution in [0.3, 0.4) is 0 Å². The Morgan fingerprint density at radius 1 is 1.15 bits per heavy atom. The summed E-state index contributed by atoms with van der Waals surface area (Å²) in [6.07, 6.45) is 2.91. The number of sulfone groups is 2. The summed E-state index contributed by atoms with van der Waals surface area (Å²) in [5, 5.41) is -0.0167. The van der Waals surface area contributed by atoms with Crippen molar-refractivity contribution in [3.05, 3.63) is 18.2 Å². The van der Waals surface area contributed by atoms with E-state index in [0.717, 1.165) is 18.9 Å². The van der Waals surface area contributed by atoms with Crippen molar-refractivity contribution in [3.63, 3.8) is 0 Å². The van der Waals surface area contributed by atoms with Crippen molar-refractivity contribution in [3.8, 4) is 0 Å². The highest BCUT2D eigenvalue weighted by molar-refractivity contribution is 7.91. The molecule has 5 nitrogen and oxygen atoms in total. The van der Waals surface area contributed by atoms with Gasteiger partial charge >= 0.3 is 0 Å². The van der Waals surface area contributed by atoms with Gasteiger partial charge in [-0.2, -0.15) is 0 Å². The lowest BCUT2D eigenvalue weighted by atomic mass is 10.3. The van der Waals surface area contributed by atoms with Gasteiger partial charge in [0, 0.05) is 25.6 Å². The van der Waals surface area contributed by atoms with E-state index in [1.54, 1.807) is 6.07 Å². The lowest BCUT2D eigenvalue weighted by Crippen LogP contribution is -2.22. The zero-order valence-electron chi connectivity index (χ0n) is 11.2.